The van der Waals surface area contributed by atoms with Crippen LogP contribution in [0.5, 0.6) is 0 Å². The second-order valence-electron chi connectivity index (χ2n) is 8.58. The van der Waals surface area contributed by atoms with Gasteiger partial charge in [0.2, 0.25) is 11.8 Å². The zero-order valence-electron chi connectivity index (χ0n) is 19.0. The molecule has 2 aromatic carbocycles. The normalized spacial score (nSPS) is 15.2. The highest BCUT2D eigenvalue weighted by Gasteiger charge is 2.27. The van der Waals surface area contributed by atoms with E-state index in [0.29, 0.717) is 23.7 Å². The number of carbonyl (C=O) groups excluding carboxylic acids is 2. The smallest absolute Gasteiger partial charge is 0.242 e. The van der Waals surface area contributed by atoms with E-state index in [0.717, 1.165) is 36.1 Å². The molecule has 172 valence electrons. The Morgan fingerprint density at radius 2 is 1.72 bits per heavy atom. The van der Waals surface area contributed by atoms with Gasteiger partial charge < -0.3 is 10.2 Å². The van der Waals surface area contributed by atoms with Crippen molar-refractivity contribution in [3.05, 3.63) is 64.7 Å². The molecule has 2 amide bonds. The van der Waals surface area contributed by atoms with Crippen molar-refractivity contribution >= 4 is 35.2 Å². The van der Waals surface area contributed by atoms with Gasteiger partial charge in [0.05, 0.1) is 0 Å². The lowest BCUT2D eigenvalue weighted by atomic mass is 9.95. The Bertz CT molecular complexity index is 880. The number of carbonyl (C=O) groups is 2. The van der Waals surface area contributed by atoms with Crippen LogP contribution in [0.2, 0.25) is 5.02 Å². The molecule has 0 spiro atoms. The number of rotatable bonds is 9. The predicted octanol–water partition coefficient (Wildman–Crippen LogP) is 6.00. The first-order valence-corrected chi connectivity index (χ1v) is 12.8. The Labute approximate surface area is 201 Å². The lowest BCUT2D eigenvalue weighted by Crippen LogP contribution is -2.50. The van der Waals surface area contributed by atoms with Gasteiger partial charge in [-0.3, -0.25) is 9.59 Å². The minimum atomic E-state index is -0.524. The largest absolute Gasteiger partial charge is 0.352 e. The summed E-state index contributed by atoms with van der Waals surface area (Å²) in [7, 11) is 0. The molecule has 0 aromatic heterocycles. The van der Waals surface area contributed by atoms with Crippen molar-refractivity contribution in [1.82, 2.24) is 10.2 Å². The van der Waals surface area contributed by atoms with E-state index >= 15 is 0 Å². The number of thioether (sulfide) groups is 1. The van der Waals surface area contributed by atoms with Gasteiger partial charge in [0, 0.05) is 34.7 Å². The summed E-state index contributed by atoms with van der Waals surface area (Å²) in [5.74, 6) is 0.604. The molecule has 1 saturated carbocycles. The van der Waals surface area contributed by atoms with Gasteiger partial charge in [-0.1, -0.05) is 60.7 Å². The number of halogens is 1. The van der Waals surface area contributed by atoms with Crippen LogP contribution < -0.4 is 5.32 Å². The second-order valence-corrected chi connectivity index (χ2v) is 10.2. The quantitative estimate of drug-likeness (QED) is 0.455. The fraction of sp³-hybridized carbons (Fsp3) is 0.462. The second kappa shape index (κ2) is 12.3. The van der Waals surface area contributed by atoms with Gasteiger partial charge in [-0.25, -0.2) is 0 Å². The molecule has 1 unspecified atom stereocenters. The average molecular weight is 473 g/mol. The number of amides is 2. The summed E-state index contributed by atoms with van der Waals surface area (Å²) < 4.78 is 0. The molecule has 6 heteroatoms. The number of nitrogens with zero attached hydrogens (tertiary/aromatic N) is 1. The maximum absolute atomic E-state index is 13.2. The molecular weight excluding hydrogens is 440 g/mol. The van der Waals surface area contributed by atoms with Gasteiger partial charge in [0.15, 0.2) is 0 Å². The molecule has 4 nitrogen and oxygen atoms in total. The maximum atomic E-state index is 13.2. The maximum Gasteiger partial charge on any atom is 0.242 e. The fourth-order valence-electron chi connectivity index (χ4n) is 3.97. The van der Waals surface area contributed by atoms with Crippen LogP contribution in [0, 0.1) is 6.92 Å². The molecule has 0 saturated heterocycles. The van der Waals surface area contributed by atoms with Gasteiger partial charge in [0.25, 0.3) is 0 Å². The Hall–Kier alpha value is -1.98. The third kappa shape index (κ3) is 7.56. The zero-order chi connectivity index (χ0) is 22.9. The van der Waals surface area contributed by atoms with E-state index in [1.54, 1.807) is 16.7 Å². The van der Waals surface area contributed by atoms with E-state index in [4.69, 9.17) is 11.6 Å². The van der Waals surface area contributed by atoms with Crippen LogP contribution in [0.3, 0.4) is 0 Å². The molecule has 2 aromatic rings. The first-order chi connectivity index (χ1) is 15.4. The predicted molar refractivity (Wildman–Crippen MR) is 133 cm³/mol. The van der Waals surface area contributed by atoms with E-state index < -0.39 is 6.04 Å². The van der Waals surface area contributed by atoms with Crippen molar-refractivity contribution in [2.24, 2.45) is 0 Å². The number of benzene rings is 2. The van der Waals surface area contributed by atoms with Gasteiger partial charge in [-0.2, -0.15) is 0 Å². The molecule has 1 fully saturated rings. The van der Waals surface area contributed by atoms with Gasteiger partial charge in [-0.05, 0) is 56.5 Å². The Balaban J connectivity index is 1.64. The fourth-order valence-corrected chi connectivity index (χ4v) is 4.94. The molecular formula is C26H33ClN2O2S. The summed E-state index contributed by atoms with van der Waals surface area (Å²) in [5, 5.41) is 3.83. The monoisotopic (exact) mass is 472 g/mol. The van der Waals surface area contributed by atoms with Crippen LogP contribution in [0.25, 0.3) is 0 Å². The molecule has 1 aliphatic carbocycles. The van der Waals surface area contributed by atoms with Gasteiger partial charge >= 0.3 is 0 Å². The summed E-state index contributed by atoms with van der Waals surface area (Å²) in [6, 6.07) is 15.5. The standard InChI is InChI=1S/C26H33ClN2O2S/c1-19-8-14-24(15-9-19)32-17-16-25(30)29(18-21-10-12-22(27)13-11-21)20(2)26(31)28-23-6-4-3-5-7-23/h8-15,20,23H,3-7,16-18H2,1-2H3,(H,28,31). The summed E-state index contributed by atoms with van der Waals surface area (Å²) in [5.41, 5.74) is 2.18. The lowest BCUT2D eigenvalue weighted by Gasteiger charge is -2.31. The summed E-state index contributed by atoms with van der Waals surface area (Å²) in [6.45, 7) is 4.29. The van der Waals surface area contributed by atoms with Crippen LogP contribution in [0.1, 0.15) is 56.6 Å². The molecule has 32 heavy (non-hydrogen) atoms. The van der Waals surface area contributed by atoms with Crippen LogP contribution in [0.4, 0.5) is 0 Å². The number of hydrogen-bond donors (Lipinski definition) is 1. The molecule has 1 aliphatic rings. The summed E-state index contributed by atoms with van der Waals surface area (Å²) in [6.07, 6.45) is 5.98. The van der Waals surface area contributed by atoms with E-state index in [9.17, 15) is 9.59 Å². The first-order valence-electron chi connectivity index (χ1n) is 11.5. The van der Waals surface area contributed by atoms with Crippen molar-refractivity contribution in [2.75, 3.05) is 5.75 Å². The van der Waals surface area contributed by atoms with E-state index in [1.165, 1.54) is 12.0 Å². The topological polar surface area (TPSA) is 49.4 Å². The first kappa shape index (κ1) is 24.7. The Morgan fingerprint density at radius 1 is 1.06 bits per heavy atom. The third-order valence-electron chi connectivity index (χ3n) is 5.99. The highest BCUT2D eigenvalue weighted by Crippen LogP contribution is 2.22. The minimum absolute atomic E-state index is 0.00847. The van der Waals surface area contributed by atoms with Gasteiger partial charge in [0.1, 0.15) is 6.04 Å². The zero-order valence-corrected chi connectivity index (χ0v) is 20.6. The van der Waals surface area contributed by atoms with Crippen LogP contribution in [-0.2, 0) is 16.1 Å². The number of nitrogens with one attached hydrogen (secondary N) is 1. The summed E-state index contributed by atoms with van der Waals surface area (Å²) in [4.78, 5) is 29.1. The third-order valence-corrected chi connectivity index (χ3v) is 7.26. The molecule has 0 radical (unpaired) electrons. The van der Waals surface area contributed by atoms with Crippen molar-refractivity contribution in [2.45, 2.75) is 75.9 Å². The van der Waals surface area contributed by atoms with Crippen LogP contribution in [-0.4, -0.2) is 34.6 Å². The average Bonchev–Trinajstić information content (AvgIpc) is 2.80. The number of hydrogen-bond acceptors (Lipinski definition) is 3. The molecule has 1 atom stereocenters. The van der Waals surface area contributed by atoms with E-state index in [2.05, 4.69) is 36.5 Å². The molecule has 0 aliphatic heterocycles. The van der Waals surface area contributed by atoms with E-state index in [-0.39, 0.29) is 17.9 Å². The molecule has 0 heterocycles. The van der Waals surface area contributed by atoms with Crippen LogP contribution in [0.15, 0.2) is 53.4 Å². The highest BCUT2D eigenvalue weighted by atomic mass is 35.5. The molecule has 1 N–H and O–H groups in total. The van der Waals surface area contributed by atoms with Crippen molar-refractivity contribution in [3.63, 3.8) is 0 Å². The number of aryl methyl sites for hydroxylation is 1. The molecule has 3 rings (SSSR count). The van der Waals surface area contributed by atoms with Crippen molar-refractivity contribution in [3.8, 4) is 0 Å². The van der Waals surface area contributed by atoms with E-state index in [1.807, 2.05) is 31.2 Å². The summed E-state index contributed by atoms with van der Waals surface area (Å²) >= 11 is 7.69. The molecule has 0 bridgehead atoms. The highest BCUT2D eigenvalue weighted by molar-refractivity contribution is 7.99. The Morgan fingerprint density at radius 3 is 2.38 bits per heavy atom. The van der Waals surface area contributed by atoms with Crippen LogP contribution >= 0.6 is 23.4 Å². The Kier molecular flexibility index (Phi) is 9.49. The minimum Gasteiger partial charge on any atom is -0.352 e. The van der Waals surface area contributed by atoms with Crippen molar-refractivity contribution < 1.29 is 9.59 Å². The SMILES string of the molecule is Cc1ccc(SCCC(=O)N(Cc2ccc(Cl)cc2)C(C)C(=O)NC2CCCCC2)cc1. The van der Waals surface area contributed by atoms with Gasteiger partial charge in [-0.15, -0.1) is 11.8 Å². The lowest BCUT2D eigenvalue weighted by molar-refractivity contribution is -0.140. The van der Waals surface area contributed by atoms with Crippen molar-refractivity contribution in [1.29, 1.82) is 0 Å².